The number of rotatable bonds is 4. The Morgan fingerprint density at radius 2 is 1.38 bits per heavy atom. The van der Waals surface area contributed by atoms with E-state index in [1.54, 1.807) is 18.2 Å². The van der Waals surface area contributed by atoms with Crippen LogP contribution in [0.3, 0.4) is 0 Å². The molecule has 8 nitrogen and oxygen atoms in total. The Morgan fingerprint density at radius 3 is 1.85 bits per heavy atom. The van der Waals surface area contributed by atoms with Crippen LogP contribution in [0.1, 0.15) is 11.1 Å². The Kier molecular flexibility index (Phi) is 6.67. The van der Waals surface area contributed by atoms with Crippen molar-refractivity contribution < 1.29 is 25.9 Å². The van der Waals surface area contributed by atoms with Gasteiger partial charge in [0.2, 0.25) is 0 Å². The van der Waals surface area contributed by atoms with Crippen molar-refractivity contribution >= 4 is 98.0 Å². The molecule has 0 bridgehead atoms. The molecule has 0 atom stereocenters. The van der Waals surface area contributed by atoms with Crippen molar-refractivity contribution in [2.45, 2.75) is 4.90 Å². The Bertz CT molecular complexity index is 1130. The van der Waals surface area contributed by atoms with Crippen LogP contribution in [-0.2, 0) is 20.2 Å². The third-order valence-corrected chi connectivity index (χ3v) is 7.95. The Hall–Kier alpha value is -0.400. The first-order chi connectivity index (χ1) is 11.8. The molecule has 0 amide bonds. The van der Waals surface area contributed by atoms with Gasteiger partial charge in [0, 0.05) is 0 Å². The molecular weight excluding hydrogens is 402 g/mol. The zero-order chi connectivity index (χ0) is 19.9. The zero-order valence-electron chi connectivity index (χ0n) is 14.0. The number of hydrogen-bond donors (Lipinski definition) is 4. The second-order valence-corrected chi connectivity index (χ2v) is 10.6. The summed E-state index contributed by atoms with van der Waals surface area (Å²) in [4.78, 5) is -1.26. The zero-order valence-corrected chi connectivity index (χ0v) is 19.6. The number of benzene rings is 2. The van der Waals surface area contributed by atoms with E-state index in [2.05, 4.69) is 0 Å². The first kappa shape index (κ1) is 21.9. The fourth-order valence-electron chi connectivity index (χ4n) is 2.70. The van der Waals surface area contributed by atoms with Gasteiger partial charge in [0.05, 0.1) is 0 Å². The topological polar surface area (TPSA) is 161 Å². The molecule has 2 aromatic rings. The molecular formula is C14H12N2Na2O6S2. The summed E-state index contributed by atoms with van der Waals surface area (Å²) in [5.41, 5.74) is 12.0. The SMILES string of the molecule is Nc1ccc([C]([Na])=C(c2ccc(N)cc2S(=O)(=O)O)S(=O)(=O)O)[c]([Na])c1. The fourth-order valence-corrected chi connectivity index (χ4v) is 7.43. The molecule has 0 fully saturated rings. The number of hydrogen-bond acceptors (Lipinski definition) is 6. The van der Waals surface area contributed by atoms with Crippen molar-refractivity contribution in [1.82, 2.24) is 0 Å². The van der Waals surface area contributed by atoms with Gasteiger partial charge in [-0.15, -0.1) is 0 Å². The Labute approximate surface area is 186 Å². The van der Waals surface area contributed by atoms with Gasteiger partial charge in [-0.1, -0.05) is 0 Å². The molecule has 2 aromatic carbocycles. The van der Waals surface area contributed by atoms with Crippen molar-refractivity contribution in [2.75, 3.05) is 11.5 Å². The van der Waals surface area contributed by atoms with Gasteiger partial charge in [-0.2, -0.15) is 0 Å². The molecule has 12 heteroatoms. The van der Waals surface area contributed by atoms with Crippen LogP contribution in [0.4, 0.5) is 11.4 Å². The van der Waals surface area contributed by atoms with E-state index in [0.717, 1.165) is 14.9 Å². The van der Waals surface area contributed by atoms with Crippen molar-refractivity contribution in [3.8, 4) is 0 Å². The molecule has 0 aliphatic heterocycles. The Balaban J connectivity index is 2.96. The van der Waals surface area contributed by atoms with E-state index in [1.807, 2.05) is 0 Å². The molecule has 0 aliphatic carbocycles. The second-order valence-electron chi connectivity index (χ2n) is 5.73. The first-order valence-electron chi connectivity index (χ1n) is 7.24. The minimum atomic E-state index is -4.81. The Morgan fingerprint density at radius 1 is 0.885 bits per heavy atom. The minimum absolute atomic E-state index is 0.0158. The van der Waals surface area contributed by atoms with E-state index < -0.39 is 30.0 Å². The maximum atomic E-state index is 12.1. The summed E-state index contributed by atoms with van der Waals surface area (Å²) in [7, 11) is -9.59. The summed E-state index contributed by atoms with van der Waals surface area (Å²) in [6.07, 6.45) is 0. The van der Waals surface area contributed by atoms with Gasteiger partial charge in [-0.3, -0.25) is 0 Å². The van der Waals surface area contributed by atoms with Gasteiger partial charge in [0.1, 0.15) is 0 Å². The third kappa shape index (κ3) is 4.90. The van der Waals surface area contributed by atoms with Crippen molar-refractivity contribution in [3.63, 3.8) is 0 Å². The van der Waals surface area contributed by atoms with E-state index in [1.165, 1.54) is 6.07 Å². The van der Waals surface area contributed by atoms with Crippen LogP contribution in [0.2, 0.25) is 0 Å². The predicted molar refractivity (Wildman–Crippen MR) is 101 cm³/mol. The van der Waals surface area contributed by atoms with Crippen LogP contribution in [0.25, 0.3) is 7.73 Å². The van der Waals surface area contributed by atoms with Crippen molar-refractivity contribution in [3.05, 3.63) is 47.5 Å². The van der Waals surface area contributed by atoms with Gasteiger partial charge < -0.3 is 0 Å². The van der Waals surface area contributed by atoms with E-state index in [-0.39, 0.29) is 42.0 Å². The molecule has 0 unspecified atom stereocenters. The van der Waals surface area contributed by atoms with Crippen LogP contribution in [0.5, 0.6) is 0 Å². The summed E-state index contributed by atoms with van der Waals surface area (Å²) in [6, 6.07) is 8.26. The summed E-state index contributed by atoms with van der Waals surface area (Å²) < 4.78 is 67.9. The van der Waals surface area contributed by atoms with Gasteiger partial charge >= 0.3 is 188 Å². The molecule has 0 radical (unpaired) electrons. The summed E-state index contributed by atoms with van der Waals surface area (Å²) in [5.74, 6) is 0. The number of nitrogen functional groups attached to an aromatic ring is 2. The van der Waals surface area contributed by atoms with Crippen LogP contribution in [-0.4, -0.2) is 81.8 Å². The maximum absolute atomic E-state index is 12.1. The molecule has 0 aliphatic rings. The molecule has 6 N–H and O–H groups in total. The fraction of sp³-hybridized carbons (Fsp3) is 0. The molecule has 0 heterocycles. The van der Waals surface area contributed by atoms with Gasteiger partial charge in [0.15, 0.2) is 0 Å². The van der Waals surface area contributed by atoms with Crippen LogP contribution in [0.15, 0.2) is 41.3 Å². The monoisotopic (exact) mass is 414 g/mol. The second kappa shape index (κ2) is 7.92. The summed E-state index contributed by atoms with van der Waals surface area (Å²) >= 11 is 0.718. The van der Waals surface area contributed by atoms with Crippen molar-refractivity contribution in [1.29, 1.82) is 0 Å². The molecule has 128 valence electrons. The first-order valence-corrected chi connectivity index (χ1v) is 12.1. The average Bonchev–Trinajstić information content (AvgIpc) is 2.46. The van der Waals surface area contributed by atoms with Gasteiger partial charge in [-0.05, 0) is 0 Å². The molecule has 0 saturated carbocycles. The van der Waals surface area contributed by atoms with E-state index in [0.29, 0.717) is 39.2 Å². The summed E-state index contributed by atoms with van der Waals surface area (Å²) in [5, 5.41) is 0. The van der Waals surface area contributed by atoms with Gasteiger partial charge in [-0.25, -0.2) is 0 Å². The average molecular weight is 414 g/mol. The van der Waals surface area contributed by atoms with Crippen LogP contribution in [0, 0.1) is 0 Å². The van der Waals surface area contributed by atoms with Crippen LogP contribution < -0.4 is 14.3 Å². The third-order valence-electron chi connectivity index (χ3n) is 3.78. The molecule has 2 rings (SSSR count). The van der Waals surface area contributed by atoms with E-state index in [9.17, 15) is 25.9 Å². The summed E-state index contributed by atoms with van der Waals surface area (Å²) in [6.45, 7) is 0. The van der Waals surface area contributed by atoms with E-state index >= 15 is 0 Å². The van der Waals surface area contributed by atoms with E-state index in [4.69, 9.17) is 11.5 Å². The molecule has 26 heavy (non-hydrogen) atoms. The van der Waals surface area contributed by atoms with Crippen molar-refractivity contribution in [2.24, 2.45) is 0 Å². The molecule has 0 saturated heterocycles. The molecule has 0 aromatic heterocycles. The number of nitrogens with two attached hydrogens (primary N) is 2. The normalized spacial score (nSPS) is 13.5. The van der Waals surface area contributed by atoms with Gasteiger partial charge in [0.25, 0.3) is 0 Å². The molecule has 0 spiro atoms. The number of anilines is 2. The predicted octanol–water partition coefficient (Wildman–Crippen LogP) is -0.226. The quantitative estimate of drug-likeness (QED) is 0.231. The standard InChI is InChI=1S/C14H12N2O6S2.2Na/c15-10-3-1-9(2-4-10)7-13(23(17,18)19)12-6-5-11(16)8-14(12)24(20,21)22;;/h1,3-6,8H,15-16H2,(H,17,18,19)(H,20,21,22);;. The van der Waals surface area contributed by atoms with Crippen LogP contribution >= 0.6 is 0 Å².